The summed E-state index contributed by atoms with van der Waals surface area (Å²) >= 11 is 0. The maximum Gasteiger partial charge on any atom is 0.224 e. The van der Waals surface area contributed by atoms with E-state index < -0.39 is 0 Å². The molecule has 0 spiro atoms. The monoisotopic (exact) mass is 295 g/mol. The summed E-state index contributed by atoms with van der Waals surface area (Å²) in [6, 6.07) is 0. The number of nitrogens with zero attached hydrogens (tertiary/aromatic N) is 4. The molecule has 1 aliphatic rings. The van der Waals surface area contributed by atoms with Crippen LogP contribution in [0.4, 0.5) is 0 Å². The Hall–Kier alpha value is -1.47. The van der Waals surface area contributed by atoms with E-state index in [1.165, 1.54) is 0 Å². The number of morpholine rings is 1. The number of ether oxygens (including phenoxy) is 1. The molecule has 2 rings (SSSR count). The Morgan fingerprint density at radius 1 is 1.43 bits per heavy atom. The molecule has 1 aromatic heterocycles. The molecular weight excluding hydrogens is 270 g/mol. The van der Waals surface area contributed by atoms with Crippen molar-refractivity contribution in [2.75, 3.05) is 32.8 Å². The van der Waals surface area contributed by atoms with E-state index >= 15 is 0 Å². The van der Waals surface area contributed by atoms with Gasteiger partial charge in [0, 0.05) is 32.6 Å². The summed E-state index contributed by atoms with van der Waals surface area (Å²) in [7, 11) is 0. The lowest BCUT2D eigenvalue weighted by Crippen LogP contribution is -2.41. The zero-order valence-electron chi connectivity index (χ0n) is 12.9. The number of nitrogens with one attached hydrogen (secondary N) is 1. The number of hydrogen-bond acceptors (Lipinski definition) is 5. The number of aromatic nitrogens is 3. The summed E-state index contributed by atoms with van der Waals surface area (Å²) in [6.45, 7) is 9.19. The SMILES string of the molecule is CC(C)Cn1ncnc1CNCCC(=O)N1CCOCC1. The third-order valence-corrected chi connectivity index (χ3v) is 3.40. The number of carbonyl (C=O) groups excluding carboxylic acids is 1. The molecule has 1 fully saturated rings. The minimum atomic E-state index is 0.189. The fourth-order valence-electron chi connectivity index (χ4n) is 2.29. The first-order chi connectivity index (χ1) is 10.2. The predicted molar refractivity (Wildman–Crippen MR) is 78.6 cm³/mol. The molecule has 0 unspecified atom stereocenters. The van der Waals surface area contributed by atoms with Gasteiger partial charge in [0.05, 0.1) is 19.8 Å². The first kappa shape index (κ1) is 15.9. The lowest BCUT2D eigenvalue weighted by molar-refractivity contribution is -0.135. The average Bonchev–Trinajstić information content (AvgIpc) is 2.91. The molecule has 7 heteroatoms. The molecule has 1 aliphatic heterocycles. The van der Waals surface area contributed by atoms with Crippen molar-refractivity contribution >= 4 is 5.91 Å². The van der Waals surface area contributed by atoms with Gasteiger partial charge in [0.2, 0.25) is 5.91 Å². The summed E-state index contributed by atoms with van der Waals surface area (Å²) < 4.78 is 7.16. The van der Waals surface area contributed by atoms with Gasteiger partial charge >= 0.3 is 0 Å². The Morgan fingerprint density at radius 2 is 2.19 bits per heavy atom. The second kappa shape index (κ2) is 8.09. The predicted octanol–water partition coefficient (Wildman–Crippen LogP) is 0.273. The van der Waals surface area contributed by atoms with Crippen molar-refractivity contribution in [2.45, 2.75) is 33.4 Å². The zero-order chi connectivity index (χ0) is 15.1. The Kier molecular flexibility index (Phi) is 6.13. The van der Waals surface area contributed by atoms with Gasteiger partial charge in [-0.15, -0.1) is 0 Å². The van der Waals surface area contributed by atoms with E-state index in [1.807, 2.05) is 9.58 Å². The molecule has 7 nitrogen and oxygen atoms in total. The third-order valence-electron chi connectivity index (χ3n) is 3.40. The topological polar surface area (TPSA) is 72.3 Å². The first-order valence-electron chi connectivity index (χ1n) is 7.59. The standard InChI is InChI=1S/C14H25N5O2/c1-12(2)10-19-13(16-11-17-19)9-15-4-3-14(20)18-5-7-21-8-6-18/h11-12,15H,3-10H2,1-2H3. The Labute approximate surface area is 125 Å². The average molecular weight is 295 g/mol. The molecule has 21 heavy (non-hydrogen) atoms. The minimum Gasteiger partial charge on any atom is -0.378 e. The molecule has 0 aliphatic carbocycles. The summed E-state index contributed by atoms with van der Waals surface area (Å²) in [5.41, 5.74) is 0. The van der Waals surface area contributed by atoms with E-state index in [1.54, 1.807) is 6.33 Å². The summed E-state index contributed by atoms with van der Waals surface area (Å²) in [4.78, 5) is 18.1. The van der Waals surface area contributed by atoms with Gasteiger partial charge in [0.1, 0.15) is 12.2 Å². The summed E-state index contributed by atoms with van der Waals surface area (Å²) in [5.74, 6) is 1.64. The van der Waals surface area contributed by atoms with Crippen LogP contribution in [-0.2, 0) is 22.6 Å². The highest BCUT2D eigenvalue weighted by Gasteiger charge is 2.16. The van der Waals surface area contributed by atoms with Crippen molar-refractivity contribution in [3.8, 4) is 0 Å². The molecule has 0 saturated carbocycles. The number of amides is 1. The van der Waals surface area contributed by atoms with Gasteiger partial charge in [-0.1, -0.05) is 13.8 Å². The van der Waals surface area contributed by atoms with Gasteiger partial charge in [-0.05, 0) is 5.92 Å². The normalized spacial score (nSPS) is 15.7. The Bertz CT molecular complexity index is 440. The van der Waals surface area contributed by atoms with Gasteiger partial charge in [-0.2, -0.15) is 5.10 Å². The molecule has 1 amide bonds. The van der Waals surface area contributed by atoms with Gasteiger partial charge in [-0.25, -0.2) is 9.67 Å². The second-order valence-electron chi connectivity index (χ2n) is 5.67. The zero-order valence-corrected chi connectivity index (χ0v) is 12.9. The van der Waals surface area contributed by atoms with Crippen LogP contribution in [-0.4, -0.2) is 58.4 Å². The van der Waals surface area contributed by atoms with Crippen molar-refractivity contribution in [3.05, 3.63) is 12.2 Å². The van der Waals surface area contributed by atoms with Crippen molar-refractivity contribution in [1.29, 1.82) is 0 Å². The lowest BCUT2D eigenvalue weighted by Gasteiger charge is -2.26. The quantitative estimate of drug-likeness (QED) is 0.731. The molecule has 0 radical (unpaired) electrons. The van der Waals surface area contributed by atoms with Crippen LogP contribution in [0.2, 0.25) is 0 Å². The maximum atomic E-state index is 12.0. The molecular formula is C14H25N5O2. The highest BCUT2D eigenvalue weighted by molar-refractivity contribution is 5.76. The van der Waals surface area contributed by atoms with Crippen molar-refractivity contribution in [2.24, 2.45) is 5.92 Å². The van der Waals surface area contributed by atoms with E-state index in [9.17, 15) is 4.79 Å². The molecule has 1 N–H and O–H groups in total. The van der Waals surface area contributed by atoms with E-state index in [-0.39, 0.29) is 5.91 Å². The summed E-state index contributed by atoms with van der Waals surface area (Å²) in [6.07, 6.45) is 2.09. The third kappa shape index (κ3) is 5.09. The Morgan fingerprint density at radius 3 is 2.90 bits per heavy atom. The minimum absolute atomic E-state index is 0.189. The summed E-state index contributed by atoms with van der Waals surface area (Å²) in [5, 5.41) is 7.49. The highest BCUT2D eigenvalue weighted by atomic mass is 16.5. The van der Waals surface area contributed by atoms with E-state index in [0.29, 0.717) is 51.7 Å². The number of rotatable bonds is 7. The second-order valence-corrected chi connectivity index (χ2v) is 5.67. The Balaban J connectivity index is 1.67. The molecule has 0 aromatic carbocycles. The molecule has 0 atom stereocenters. The van der Waals surface area contributed by atoms with Crippen LogP contribution in [0.3, 0.4) is 0 Å². The number of carbonyl (C=O) groups is 1. The smallest absolute Gasteiger partial charge is 0.224 e. The molecule has 2 heterocycles. The van der Waals surface area contributed by atoms with E-state index in [0.717, 1.165) is 12.4 Å². The van der Waals surface area contributed by atoms with Crippen LogP contribution in [0.25, 0.3) is 0 Å². The van der Waals surface area contributed by atoms with Crippen LogP contribution in [0.1, 0.15) is 26.1 Å². The van der Waals surface area contributed by atoms with Gasteiger partial charge in [0.15, 0.2) is 0 Å². The maximum absolute atomic E-state index is 12.0. The highest BCUT2D eigenvalue weighted by Crippen LogP contribution is 2.02. The van der Waals surface area contributed by atoms with Crippen molar-refractivity contribution < 1.29 is 9.53 Å². The van der Waals surface area contributed by atoms with E-state index in [4.69, 9.17) is 4.74 Å². The largest absolute Gasteiger partial charge is 0.378 e. The van der Waals surface area contributed by atoms with Crippen molar-refractivity contribution in [3.63, 3.8) is 0 Å². The fourth-order valence-corrected chi connectivity index (χ4v) is 2.29. The van der Waals surface area contributed by atoms with Gasteiger partial charge in [0.25, 0.3) is 0 Å². The van der Waals surface area contributed by atoms with Crippen LogP contribution in [0, 0.1) is 5.92 Å². The van der Waals surface area contributed by atoms with Crippen LogP contribution < -0.4 is 5.32 Å². The molecule has 1 aromatic rings. The fraction of sp³-hybridized carbons (Fsp3) is 0.786. The molecule has 1 saturated heterocycles. The molecule has 118 valence electrons. The van der Waals surface area contributed by atoms with Gasteiger partial charge in [-0.3, -0.25) is 4.79 Å². The first-order valence-corrected chi connectivity index (χ1v) is 7.59. The van der Waals surface area contributed by atoms with Crippen LogP contribution in [0.15, 0.2) is 6.33 Å². The van der Waals surface area contributed by atoms with Crippen LogP contribution >= 0.6 is 0 Å². The molecule has 0 bridgehead atoms. The van der Waals surface area contributed by atoms with Crippen molar-refractivity contribution in [1.82, 2.24) is 25.0 Å². The van der Waals surface area contributed by atoms with E-state index in [2.05, 4.69) is 29.2 Å². The number of hydrogen-bond donors (Lipinski definition) is 1. The van der Waals surface area contributed by atoms with Gasteiger partial charge < -0.3 is 15.0 Å². The lowest BCUT2D eigenvalue weighted by atomic mass is 10.2. The van der Waals surface area contributed by atoms with Crippen LogP contribution in [0.5, 0.6) is 0 Å².